The van der Waals surface area contributed by atoms with Crippen molar-refractivity contribution in [2.45, 2.75) is 11.8 Å². The highest BCUT2D eigenvalue weighted by molar-refractivity contribution is 5.83. The number of halogens is 1. The van der Waals surface area contributed by atoms with E-state index in [4.69, 9.17) is 15.2 Å². The van der Waals surface area contributed by atoms with Crippen LogP contribution in [0, 0.1) is 5.82 Å². The lowest BCUT2D eigenvalue weighted by Gasteiger charge is -2.29. The molecule has 0 fully saturated rings. The van der Waals surface area contributed by atoms with Crippen molar-refractivity contribution in [1.29, 1.82) is 0 Å². The SMILES string of the molecule is COCCC(CN)(C(=O)OC)c1cccc(F)c1. The number of esters is 1. The lowest BCUT2D eigenvalue weighted by Crippen LogP contribution is -2.44. The molecule has 0 saturated carbocycles. The van der Waals surface area contributed by atoms with Crippen LogP contribution in [0.2, 0.25) is 0 Å². The van der Waals surface area contributed by atoms with Crippen LogP contribution in [0.3, 0.4) is 0 Å². The molecular formula is C13H18FNO3. The van der Waals surface area contributed by atoms with Crippen LogP contribution in [0.4, 0.5) is 4.39 Å². The average Bonchev–Trinajstić information content (AvgIpc) is 2.39. The van der Waals surface area contributed by atoms with Gasteiger partial charge in [-0.15, -0.1) is 0 Å². The van der Waals surface area contributed by atoms with E-state index in [0.717, 1.165) is 0 Å². The van der Waals surface area contributed by atoms with Crippen LogP contribution >= 0.6 is 0 Å². The van der Waals surface area contributed by atoms with Crippen molar-refractivity contribution in [3.8, 4) is 0 Å². The Morgan fingerprint density at radius 3 is 2.67 bits per heavy atom. The fraction of sp³-hybridized carbons (Fsp3) is 0.462. The van der Waals surface area contributed by atoms with Gasteiger partial charge in [-0.1, -0.05) is 12.1 Å². The van der Waals surface area contributed by atoms with Gasteiger partial charge in [0, 0.05) is 20.3 Å². The van der Waals surface area contributed by atoms with Crippen LogP contribution < -0.4 is 5.73 Å². The number of methoxy groups -OCH3 is 2. The molecule has 0 bridgehead atoms. The molecule has 0 aliphatic rings. The minimum absolute atomic E-state index is 0.0342. The third-order valence-electron chi connectivity index (χ3n) is 3.03. The molecule has 1 aromatic carbocycles. The molecule has 1 rings (SSSR count). The molecule has 1 atom stereocenters. The summed E-state index contributed by atoms with van der Waals surface area (Å²) in [4.78, 5) is 12.0. The van der Waals surface area contributed by atoms with E-state index in [1.165, 1.54) is 26.4 Å². The van der Waals surface area contributed by atoms with E-state index < -0.39 is 17.2 Å². The Hall–Kier alpha value is -1.46. The molecule has 100 valence electrons. The Kier molecular flexibility index (Phi) is 5.25. The first-order valence-corrected chi connectivity index (χ1v) is 5.64. The number of carbonyl (C=O) groups excluding carboxylic acids is 1. The van der Waals surface area contributed by atoms with E-state index in [1.54, 1.807) is 12.1 Å². The minimum Gasteiger partial charge on any atom is -0.468 e. The van der Waals surface area contributed by atoms with Crippen molar-refractivity contribution < 1.29 is 18.7 Å². The number of nitrogens with two attached hydrogens (primary N) is 1. The fourth-order valence-electron chi connectivity index (χ4n) is 1.93. The van der Waals surface area contributed by atoms with Crippen LogP contribution in [0.1, 0.15) is 12.0 Å². The molecule has 0 heterocycles. The number of carbonyl (C=O) groups is 1. The number of hydrogen-bond donors (Lipinski definition) is 1. The maximum absolute atomic E-state index is 13.3. The third-order valence-corrected chi connectivity index (χ3v) is 3.03. The highest BCUT2D eigenvalue weighted by Crippen LogP contribution is 2.29. The van der Waals surface area contributed by atoms with E-state index >= 15 is 0 Å². The highest BCUT2D eigenvalue weighted by atomic mass is 19.1. The van der Waals surface area contributed by atoms with Gasteiger partial charge in [-0.2, -0.15) is 0 Å². The largest absolute Gasteiger partial charge is 0.468 e. The number of hydrogen-bond acceptors (Lipinski definition) is 4. The van der Waals surface area contributed by atoms with Gasteiger partial charge in [0.05, 0.1) is 7.11 Å². The van der Waals surface area contributed by atoms with Gasteiger partial charge in [-0.05, 0) is 24.1 Å². The molecule has 0 aliphatic carbocycles. The summed E-state index contributed by atoms with van der Waals surface area (Å²) in [6, 6.07) is 5.84. The van der Waals surface area contributed by atoms with Gasteiger partial charge < -0.3 is 15.2 Å². The van der Waals surface area contributed by atoms with E-state index in [9.17, 15) is 9.18 Å². The van der Waals surface area contributed by atoms with Crippen molar-refractivity contribution in [1.82, 2.24) is 0 Å². The Morgan fingerprint density at radius 2 is 2.17 bits per heavy atom. The van der Waals surface area contributed by atoms with Crippen LogP contribution in [0.15, 0.2) is 24.3 Å². The third kappa shape index (κ3) is 2.86. The van der Waals surface area contributed by atoms with E-state index in [-0.39, 0.29) is 6.54 Å². The second-order valence-electron chi connectivity index (χ2n) is 4.03. The predicted molar refractivity (Wildman–Crippen MR) is 65.6 cm³/mol. The Balaban J connectivity index is 3.20. The molecule has 2 N–H and O–H groups in total. The van der Waals surface area contributed by atoms with E-state index in [2.05, 4.69) is 0 Å². The second kappa shape index (κ2) is 6.47. The zero-order valence-electron chi connectivity index (χ0n) is 10.6. The average molecular weight is 255 g/mol. The molecule has 0 aliphatic heterocycles. The van der Waals surface area contributed by atoms with Crippen LogP contribution in [0.25, 0.3) is 0 Å². The molecular weight excluding hydrogens is 237 g/mol. The molecule has 0 radical (unpaired) electrons. The molecule has 1 aromatic rings. The smallest absolute Gasteiger partial charge is 0.317 e. The normalized spacial score (nSPS) is 14.0. The Morgan fingerprint density at radius 1 is 1.44 bits per heavy atom. The molecule has 5 heteroatoms. The van der Waals surface area contributed by atoms with Crippen molar-refractivity contribution in [2.24, 2.45) is 5.73 Å². The number of rotatable bonds is 6. The van der Waals surface area contributed by atoms with Gasteiger partial charge in [0.1, 0.15) is 11.2 Å². The highest BCUT2D eigenvalue weighted by Gasteiger charge is 2.40. The van der Waals surface area contributed by atoms with Gasteiger partial charge in [-0.3, -0.25) is 4.79 Å². The summed E-state index contributed by atoms with van der Waals surface area (Å²) in [6.45, 7) is 0.370. The lowest BCUT2D eigenvalue weighted by molar-refractivity contribution is -0.148. The summed E-state index contributed by atoms with van der Waals surface area (Å²) in [5.74, 6) is -0.890. The van der Waals surface area contributed by atoms with Crippen molar-refractivity contribution in [3.63, 3.8) is 0 Å². The predicted octanol–water partition coefficient (Wildman–Crippen LogP) is 1.23. The summed E-state index contributed by atoms with van der Waals surface area (Å²) in [6.07, 6.45) is 0.343. The van der Waals surface area contributed by atoms with Gasteiger partial charge in [0.25, 0.3) is 0 Å². The topological polar surface area (TPSA) is 61.5 Å². The lowest BCUT2D eigenvalue weighted by atomic mass is 9.77. The van der Waals surface area contributed by atoms with E-state index in [1.807, 2.05) is 0 Å². The van der Waals surface area contributed by atoms with Gasteiger partial charge in [0.15, 0.2) is 0 Å². The summed E-state index contributed by atoms with van der Waals surface area (Å²) in [7, 11) is 2.82. The maximum atomic E-state index is 13.3. The summed E-state index contributed by atoms with van der Waals surface area (Å²) in [5, 5.41) is 0. The van der Waals surface area contributed by atoms with Gasteiger partial charge in [-0.25, -0.2) is 4.39 Å². The summed E-state index contributed by atoms with van der Waals surface area (Å²) >= 11 is 0. The van der Waals surface area contributed by atoms with Crippen molar-refractivity contribution >= 4 is 5.97 Å². The molecule has 0 aromatic heterocycles. The monoisotopic (exact) mass is 255 g/mol. The molecule has 18 heavy (non-hydrogen) atoms. The van der Waals surface area contributed by atoms with Gasteiger partial charge in [0.2, 0.25) is 0 Å². The maximum Gasteiger partial charge on any atom is 0.317 e. The molecule has 4 nitrogen and oxygen atoms in total. The second-order valence-corrected chi connectivity index (χ2v) is 4.03. The fourth-order valence-corrected chi connectivity index (χ4v) is 1.93. The van der Waals surface area contributed by atoms with Crippen molar-refractivity contribution in [2.75, 3.05) is 27.4 Å². The standard InChI is InChI=1S/C13H18FNO3/c1-17-7-6-13(9-15,12(16)18-2)10-4-3-5-11(14)8-10/h3-5,8H,6-7,9,15H2,1-2H3. The molecule has 0 saturated heterocycles. The number of benzene rings is 1. The molecule has 0 amide bonds. The van der Waals surface area contributed by atoms with Crippen LogP contribution in [0.5, 0.6) is 0 Å². The molecule has 0 spiro atoms. The first kappa shape index (κ1) is 14.6. The minimum atomic E-state index is -1.06. The first-order chi connectivity index (χ1) is 8.60. The first-order valence-electron chi connectivity index (χ1n) is 5.64. The van der Waals surface area contributed by atoms with Crippen LogP contribution in [-0.2, 0) is 19.7 Å². The number of ether oxygens (including phenoxy) is 2. The molecule has 1 unspecified atom stereocenters. The summed E-state index contributed by atoms with van der Waals surface area (Å²) in [5.41, 5.74) is 5.17. The Bertz CT molecular complexity index is 411. The Labute approximate surface area is 106 Å². The van der Waals surface area contributed by atoms with Gasteiger partial charge >= 0.3 is 5.97 Å². The zero-order valence-corrected chi connectivity index (χ0v) is 10.6. The summed E-state index contributed by atoms with van der Waals surface area (Å²) < 4.78 is 23.1. The zero-order chi connectivity index (χ0) is 13.6. The van der Waals surface area contributed by atoms with Crippen molar-refractivity contribution in [3.05, 3.63) is 35.6 Å². The van der Waals surface area contributed by atoms with Crippen LogP contribution in [-0.4, -0.2) is 33.3 Å². The quantitative estimate of drug-likeness (QED) is 0.777. The van der Waals surface area contributed by atoms with E-state index in [0.29, 0.717) is 18.6 Å².